The highest BCUT2D eigenvalue weighted by molar-refractivity contribution is 6.17. The molecule has 0 saturated heterocycles. The van der Waals surface area contributed by atoms with Crippen molar-refractivity contribution in [1.82, 2.24) is 19.5 Å². The molecule has 0 aliphatic carbocycles. The Labute approximate surface area is 319 Å². The van der Waals surface area contributed by atoms with Crippen LogP contribution in [-0.2, 0) is 0 Å². The Morgan fingerprint density at radius 3 is 1.53 bits per heavy atom. The van der Waals surface area contributed by atoms with Crippen LogP contribution >= 0.6 is 0 Å². The average Bonchev–Trinajstić information content (AvgIpc) is 3.61. The number of nitrogens with zero attached hydrogens (tertiary/aromatic N) is 4. The second-order valence-electron chi connectivity index (χ2n) is 13.6. The SMILES string of the molecule is c1ccc(-c2cccc(-c3cc(-c4ccccc4)cc4c3c3ccccc3n4-c3nc(-c4ccccc4)nc(-c4ccccc4-c4ccccc4)n3)c2)cc1. The predicted molar refractivity (Wildman–Crippen MR) is 227 cm³/mol. The van der Waals surface area contributed by atoms with Gasteiger partial charge in [0.25, 0.3) is 0 Å². The number of para-hydroxylation sites is 1. The zero-order valence-electron chi connectivity index (χ0n) is 29.9. The molecule has 258 valence electrons. The smallest absolute Gasteiger partial charge is 0.238 e. The van der Waals surface area contributed by atoms with Crippen LogP contribution in [0.4, 0.5) is 0 Å². The standard InChI is InChI=1S/C51H34N4/c1-5-18-35(19-6-1)39-26-17-27-40(32-39)45-33-41(36-20-7-2-8-21-36)34-47-48(45)44-30-15-16-31-46(44)55(47)51-53-49(38-24-11-4-12-25-38)52-50(54-51)43-29-14-13-28-42(43)37-22-9-3-10-23-37/h1-34H. The number of rotatable bonds is 7. The van der Waals surface area contributed by atoms with Crippen LogP contribution in [0.3, 0.4) is 0 Å². The zero-order valence-corrected chi connectivity index (χ0v) is 29.9. The molecular weight excluding hydrogens is 669 g/mol. The molecule has 4 nitrogen and oxygen atoms in total. The summed E-state index contributed by atoms with van der Waals surface area (Å²) in [6, 6.07) is 72.3. The van der Waals surface area contributed by atoms with Crippen molar-refractivity contribution >= 4 is 21.8 Å². The van der Waals surface area contributed by atoms with E-state index < -0.39 is 0 Å². The van der Waals surface area contributed by atoms with Crippen molar-refractivity contribution in [2.45, 2.75) is 0 Å². The summed E-state index contributed by atoms with van der Waals surface area (Å²) in [5.41, 5.74) is 13.0. The van der Waals surface area contributed by atoms with Gasteiger partial charge in [0.2, 0.25) is 5.95 Å². The van der Waals surface area contributed by atoms with Crippen LogP contribution in [0.25, 0.3) is 95.0 Å². The van der Waals surface area contributed by atoms with Crippen LogP contribution in [0, 0.1) is 0 Å². The summed E-state index contributed by atoms with van der Waals surface area (Å²) in [4.78, 5) is 15.8. The van der Waals surface area contributed by atoms with Gasteiger partial charge in [-0.2, -0.15) is 9.97 Å². The molecule has 0 radical (unpaired) electrons. The van der Waals surface area contributed by atoms with Gasteiger partial charge in [-0.3, -0.25) is 4.57 Å². The van der Waals surface area contributed by atoms with Crippen molar-refractivity contribution in [2.75, 3.05) is 0 Å². The molecule has 0 atom stereocenters. The number of fused-ring (bicyclic) bond motifs is 3. The summed E-state index contributed by atoms with van der Waals surface area (Å²) in [5, 5.41) is 2.28. The van der Waals surface area contributed by atoms with Crippen LogP contribution in [0.1, 0.15) is 0 Å². The molecule has 4 heteroatoms. The van der Waals surface area contributed by atoms with Crippen molar-refractivity contribution in [3.8, 4) is 73.2 Å². The van der Waals surface area contributed by atoms with Gasteiger partial charge in [-0.25, -0.2) is 4.98 Å². The monoisotopic (exact) mass is 702 g/mol. The van der Waals surface area contributed by atoms with E-state index in [9.17, 15) is 0 Å². The van der Waals surface area contributed by atoms with Crippen molar-refractivity contribution in [1.29, 1.82) is 0 Å². The van der Waals surface area contributed by atoms with E-state index in [1.54, 1.807) is 0 Å². The zero-order chi connectivity index (χ0) is 36.6. The third-order valence-electron chi connectivity index (χ3n) is 10.3. The van der Waals surface area contributed by atoms with Crippen molar-refractivity contribution in [3.63, 3.8) is 0 Å². The number of hydrogen-bond donors (Lipinski definition) is 0. The first-order chi connectivity index (χ1) is 27.3. The second-order valence-corrected chi connectivity index (χ2v) is 13.6. The summed E-state index contributed by atoms with van der Waals surface area (Å²) in [6.07, 6.45) is 0. The lowest BCUT2D eigenvalue weighted by molar-refractivity contribution is 0.954. The predicted octanol–water partition coefficient (Wildman–Crippen LogP) is 13.0. The fourth-order valence-electron chi connectivity index (χ4n) is 7.68. The van der Waals surface area contributed by atoms with Gasteiger partial charge in [0.05, 0.1) is 11.0 Å². The Balaban J connectivity index is 1.29. The molecule has 0 aliphatic heterocycles. The Morgan fingerprint density at radius 1 is 0.291 bits per heavy atom. The lowest BCUT2D eigenvalue weighted by Crippen LogP contribution is -2.07. The lowest BCUT2D eigenvalue weighted by atomic mass is 9.92. The molecule has 0 N–H and O–H groups in total. The molecule has 0 unspecified atom stereocenters. The normalized spacial score (nSPS) is 11.3. The first kappa shape index (κ1) is 32.2. The maximum absolute atomic E-state index is 5.36. The van der Waals surface area contributed by atoms with E-state index in [2.05, 4.69) is 187 Å². The maximum atomic E-state index is 5.36. The quantitative estimate of drug-likeness (QED) is 0.166. The fourth-order valence-corrected chi connectivity index (χ4v) is 7.68. The van der Waals surface area contributed by atoms with Crippen molar-refractivity contribution < 1.29 is 0 Å². The van der Waals surface area contributed by atoms with Gasteiger partial charge in [0.15, 0.2) is 11.6 Å². The average molecular weight is 703 g/mol. The third kappa shape index (κ3) is 5.96. The van der Waals surface area contributed by atoms with Gasteiger partial charge < -0.3 is 0 Å². The minimum Gasteiger partial charge on any atom is -0.278 e. The Morgan fingerprint density at radius 2 is 0.818 bits per heavy atom. The second kappa shape index (κ2) is 13.8. The first-order valence-electron chi connectivity index (χ1n) is 18.5. The van der Waals surface area contributed by atoms with E-state index >= 15 is 0 Å². The molecule has 2 aromatic heterocycles. The molecule has 0 aliphatic rings. The maximum Gasteiger partial charge on any atom is 0.238 e. The van der Waals surface area contributed by atoms with E-state index in [1.165, 1.54) is 11.1 Å². The van der Waals surface area contributed by atoms with E-state index in [0.29, 0.717) is 17.6 Å². The van der Waals surface area contributed by atoms with Crippen LogP contribution in [-0.4, -0.2) is 19.5 Å². The first-order valence-corrected chi connectivity index (χ1v) is 18.5. The van der Waals surface area contributed by atoms with Crippen LogP contribution in [0.2, 0.25) is 0 Å². The number of hydrogen-bond acceptors (Lipinski definition) is 3. The minimum absolute atomic E-state index is 0.562. The number of aromatic nitrogens is 4. The van der Waals surface area contributed by atoms with Crippen LogP contribution in [0.5, 0.6) is 0 Å². The van der Waals surface area contributed by atoms with Crippen LogP contribution in [0.15, 0.2) is 206 Å². The van der Waals surface area contributed by atoms with Gasteiger partial charge in [-0.1, -0.05) is 182 Å². The third-order valence-corrected chi connectivity index (χ3v) is 10.3. The molecule has 0 amide bonds. The van der Waals surface area contributed by atoms with Crippen molar-refractivity contribution in [2.24, 2.45) is 0 Å². The van der Waals surface area contributed by atoms with E-state index in [4.69, 9.17) is 15.0 Å². The molecule has 2 heterocycles. The highest BCUT2D eigenvalue weighted by atomic mass is 15.2. The van der Waals surface area contributed by atoms with Gasteiger partial charge in [-0.05, 0) is 68.8 Å². The minimum atomic E-state index is 0.562. The molecule has 0 bridgehead atoms. The molecule has 10 rings (SSSR count). The van der Waals surface area contributed by atoms with E-state index in [-0.39, 0.29) is 0 Å². The Kier molecular flexibility index (Phi) is 8.12. The molecule has 55 heavy (non-hydrogen) atoms. The summed E-state index contributed by atoms with van der Waals surface area (Å²) in [7, 11) is 0. The van der Waals surface area contributed by atoms with Crippen LogP contribution < -0.4 is 0 Å². The Bertz CT molecular complexity index is 2950. The van der Waals surface area contributed by atoms with E-state index in [1.807, 2.05) is 24.3 Å². The van der Waals surface area contributed by atoms with E-state index in [0.717, 1.165) is 66.3 Å². The number of benzene rings is 8. The Hall–Kier alpha value is -7.43. The summed E-state index contributed by atoms with van der Waals surface area (Å²) in [5.74, 6) is 1.79. The summed E-state index contributed by atoms with van der Waals surface area (Å²) in [6.45, 7) is 0. The highest BCUT2D eigenvalue weighted by Crippen LogP contribution is 2.42. The molecule has 0 saturated carbocycles. The summed E-state index contributed by atoms with van der Waals surface area (Å²) < 4.78 is 2.23. The highest BCUT2D eigenvalue weighted by Gasteiger charge is 2.22. The van der Waals surface area contributed by atoms with Crippen molar-refractivity contribution in [3.05, 3.63) is 206 Å². The molecule has 10 aromatic rings. The van der Waals surface area contributed by atoms with Gasteiger partial charge in [0.1, 0.15) is 0 Å². The molecule has 0 spiro atoms. The summed E-state index contributed by atoms with van der Waals surface area (Å²) >= 11 is 0. The molecule has 0 fully saturated rings. The lowest BCUT2D eigenvalue weighted by Gasteiger charge is -2.14. The molecular formula is C51H34N4. The van der Waals surface area contributed by atoms with Gasteiger partial charge in [0, 0.05) is 21.9 Å². The van der Waals surface area contributed by atoms with Gasteiger partial charge >= 0.3 is 0 Å². The largest absolute Gasteiger partial charge is 0.278 e. The fraction of sp³-hybridized carbons (Fsp3) is 0. The molecule has 8 aromatic carbocycles. The topological polar surface area (TPSA) is 43.6 Å². The van der Waals surface area contributed by atoms with Gasteiger partial charge in [-0.15, -0.1) is 0 Å².